The van der Waals surface area contributed by atoms with E-state index < -0.39 is 0 Å². The summed E-state index contributed by atoms with van der Waals surface area (Å²) in [6.07, 6.45) is 2.53. The third-order valence-corrected chi connectivity index (χ3v) is 5.86. The van der Waals surface area contributed by atoms with Crippen LogP contribution in [-0.2, 0) is 16.1 Å². The number of unbranched alkanes of at least 4 members (excludes halogenated alkanes) is 1. The van der Waals surface area contributed by atoms with Gasteiger partial charge in [0.05, 0.1) is 11.0 Å². The first-order valence-electron chi connectivity index (χ1n) is 10.6. The van der Waals surface area contributed by atoms with Gasteiger partial charge in [-0.15, -0.1) is 0 Å². The summed E-state index contributed by atoms with van der Waals surface area (Å²) in [7, 11) is 1.79. The Balaban J connectivity index is 1.63. The molecule has 0 radical (unpaired) electrons. The zero-order valence-corrected chi connectivity index (χ0v) is 17.6. The number of aromatic nitrogens is 2. The first-order valence-corrected chi connectivity index (χ1v) is 10.6. The van der Waals surface area contributed by atoms with E-state index in [9.17, 15) is 9.59 Å². The molecule has 3 aromatic rings. The minimum Gasteiger partial charge on any atom is -0.342 e. The molecule has 156 valence electrons. The Hall–Kier alpha value is -3.15. The molecule has 2 amide bonds. The second-order valence-electron chi connectivity index (χ2n) is 7.93. The Kier molecular flexibility index (Phi) is 5.84. The van der Waals surface area contributed by atoms with Crippen LogP contribution in [0.15, 0.2) is 54.6 Å². The predicted molar refractivity (Wildman–Crippen MR) is 118 cm³/mol. The van der Waals surface area contributed by atoms with Crippen LogP contribution in [0.2, 0.25) is 0 Å². The molecule has 1 aromatic heterocycles. The summed E-state index contributed by atoms with van der Waals surface area (Å²) in [6.45, 7) is 3.79. The molecule has 1 aliphatic rings. The number of carbonyl (C=O) groups is 2. The van der Waals surface area contributed by atoms with Gasteiger partial charge in [0.15, 0.2) is 0 Å². The normalized spacial score (nSPS) is 16.4. The van der Waals surface area contributed by atoms with Crippen molar-refractivity contribution < 1.29 is 9.59 Å². The molecule has 0 saturated carbocycles. The molecule has 0 spiro atoms. The van der Waals surface area contributed by atoms with Crippen molar-refractivity contribution in [3.05, 3.63) is 60.4 Å². The van der Waals surface area contributed by atoms with Crippen LogP contribution < -0.4 is 4.90 Å². The number of hydrogen-bond donors (Lipinski definition) is 0. The van der Waals surface area contributed by atoms with Crippen molar-refractivity contribution in [1.29, 1.82) is 0 Å². The summed E-state index contributed by atoms with van der Waals surface area (Å²) < 4.78 is 2.00. The lowest BCUT2D eigenvalue weighted by Crippen LogP contribution is -2.31. The Morgan fingerprint density at radius 2 is 1.87 bits per heavy atom. The van der Waals surface area contributed by atoms with Crippen LogP contribution in [0.5, 0.6) is 0 Å². The maximum atomic E-state index is 13.1. The number of imidazole rings is 1. The van der Waals surface area contributed by atoms with Gasteiger partial charge in [0.1, 0.15) is 12.4 Å². The molecule has 1 unspecified atom stereocenters. The molecule has 1 fully saturated rings. The molecule has 0 aliphatic carbocycles. The van der Waals surface area contributed by atoms with E-state index in [1.807, 2.05) is 64.1 Å². The number of para-hydroxylation sites is 3. The molecule has 30 heavy (non-hydrogen) atoms. The van der Waals surface area contributed by atoms with E-state index in [0.717, 1.165) is 41.9 Å². The first kappa shape index (κ1) is 20.1. The number of anilines is 1. The van der Waals surface area contributed by atoms with Crippen molar-refractivity contribution in [2.24, 2.45) is 0 Å². The van der Waals surface area contributed by atoms with E-state index in [-0.39, 0.29) is 24.3 Å². The average molecular weight is 405 g/mol. The van der Waals surface area contributed by atoms with Gasteiger partial charge < -0.3 is 14.4 Å². The SMILES string of the molecule is CCCCN1CC(c2nc3ccccc3n2CC(=O)N(C)c2ccccc2)CC1=O. The van der Waals surface area contributed by atoms with Crippen molar-refractivity contribution in [1.82, 2.24) is 14.5 Å². The highest BCUT2D eigenvalue weighted by Crippen LogP contribution is 2.30. The fourth-order valence-corrected chi connectivity index (χ4v) is 4.12. The van der Waals surface area contributed by atoms with Gasteiger partial charge in [0.2, 0.25) is 11.8 Å². The van der Waals surface area contributed by atoms with Crippen LogP contribution in [0, 0.1) is 0 Å². The van der Waals surface area contributed by atoms with Gasteiger partial charge in [0.25, 0.3) is 0 Å². The maximum Gasteiger partial charge on any atom is 0.246 e. The number of carbonyl (C=O) groups excluding carboxylic acids is 2. The zero-order valence-electron chi connectivity index (χ0n) is 17.6. The molecular formula is C24H28N4O2. The quantitative estimate of drug-likeness (QED) is 0.602. The van der Waals surface area contributed by atoms with Crippen LogP contribution in [0.3, 0.4) is 0 Å². The number of fused-ring (bicyclic) bond motifs is 1. The second-order valence-corrected chi connectivity index (χ2v) is 7.93. The topological polar surface area (TPSA) is 58.4 Å². The molecule has 1 atom stereocenters. The Morgan fingerprint density at radius 3 is 2.63 bits per heavy atom. The highest BCUT2D eigenvalue weighted by Gasteiger charge is 2.34. The molecule has 6 heteroatoms. The molecule has 6 nitrogen and oxygen atoms in total. The van der Waals surface area contributed by atoms with Gasteiger partial charge in [-0.2, -0.15) is 0 Å². The molecule has 1 saturated heterocycles. The van der Waals surface area contributed by atoms with E-state index in [1.165, 1.54) is 0 Å². The molecule has 0 bridgehead atoms. The third-order valence-electron chi connectivity index (χ3n) is 5.86. The number of likely N-dealkylation sites (tertiary alicyclic amines) is 1. The minimum atomic E-state index is -0.0160. The summed E-state index contributed by atoms with van der Waals surface area (Å²) in [4.78, 5) is 34.1. The number of benzene rings is 2. The summed E-state index contributed by atoms with van der Waals surface area (Å²) in [5, 5.41) is 0. The van der Waals surface area contributed by atoms with Crippen LogP contribution in [-0.4, -0.2) is 46.4 Å². The van der Waals surface area contributed by atoms with Gasteiger partial charge in [0, 0.05) is 38.2 Å². The molecule has 2 aromatic carbocycles. The van der Waals surface area contributed by atoms with E-state index >= 15 is 0 Å². The molecule has 2 heterocycles. The standard InChI is InChI=1S/C24H28N4O2/c1-3-4-14-27-16-18(15-22(27)29)24-25-20-12-8-9-13-21(20)28(24)17-23(30)26(2)19-10-6-5-7-11-19/h5-13,18H,3-4,14-17H2,1-2H3. The summed E-state index contributed by atoms with van der Waals surface area (Å²) in [5.74, 6) is 1.01. The highest BCUT2D eigenvalue weighted by molar-refractivity contribution is 5.93. The van der Waals surface area contributed by atoms with Crippen molar-refractivity contribution >= 4 is 28.5 Å². The average Bonchev–Trinajstić information content (AvgIpc) is 3.32. The number of rotatable bonds is 7. The first-order chi connectivity index (χ1) is 14.6. The van der Waals surface area contributed by atoms with Crippen LogP contribution >= 0.6 is 0 Å². The summed E-state index contributed by atoms with van der Waals surface area (Å²) >= 11 is 0. The fraction of sp³-hybridized carbons (Fsp3) is 0.375. The monoisotopic (exact) mass is 404 g/mol. The fourth-order valence-electron chi connectivity index (χ4n) is 4.12. The van der Waals surface area contributed by atoms with Gasteiger partial charge in [-0.1, -0.05) is 43.7 Å². The number of amides is 2. The Morgan fingerprint density at radius 1 is 1.13 bits per heavy atom. The van der Waals surface area contributed by atoms with Gasteiger partial charge >= 0.3 is 0 Å². The molecule has 0 N–H and O–H groups in total. The lowest BCUT2D eigenvalue weighted by Gasteiger charge is -2.20. The zero-order chi connectivity index (χ0) is 21.1. The largest absolute Gasteiger partial charge is 0.342 e. The molecule has 1 aliphatic heterocycles. The number of likely N-dealkylation sites (N-methyl/N-ethyl adjacent to an activating group) is 1. The lowest BCUT2D eigenvalue weighted by atomic mass is 10.1. The van der Waals surface area contributed by atoms with Crippen molar-refractivity contribution in [3.8, 4) is 0 Å². The van der Waals surface area contributed by atoms with Crippen LogP contribution in [0.4, 0.5) is 5.69 Å². The summed E-state index contributed by atoms with van der Waals surface area (Å²) in [6, 6.07) is 17.5. The van der Waals surface area contributed by atoms with Gasteiger partial charge in [-0.25, -0.2) is 4.98 Å². The minimum absolute atomic E-state index is 0.0107. The Bertz CT molecular complexity index is 1040. The van der Waals surface area contributed by atoms with E-state index in [0.29, 0.717) is 13.0 Å². The van der Waals surface area contributed by atoms with Crippen LogP contribution in [0.25, 0.3) is 11.0 Å². The van der Waals surface area contributed by atoms with Crippen LogP contribution in [0.1, 0.15) is 37.9 Å². The predicted octanol–water partition coefficient (Wildman–Crippen LogP) is 3.82. The number of nitrogens with zero attached hydrogens (tertiary/aromatic N) is 4. The third kappa shape index (κ3) is 3.95. The maximum absolute atomic E-state index is 13.1. The van der Waals surface area contributed by atoms with Crippen molar-refractivity contribution in [2.75, 3.05) is 25.0 Å². The Labute approximate surface area is 177 Å². The highest BCUT2D eigenvalue weighted by atomic mass is 16.2. The second kappa shape index (κ2) is 8.69. The van der Waals surface area contributed by atoms with Crippen molar-refractivity contribution in [2.45, 2.75) is 38.6 Å². The van der Waals surface area contributed by atoms with E-state index in [4.69, 9.17) is 4.98 Å². The molecular weight excluding hydrogens is 376 g/mol. The summed E-state index contributed by atoms with van der Waals surface area (Å²) in [5.41, 5.74) is 2.65. The van der Waals surface area contributed by atoms with E-state index in [2.05, 4.69) is 6.92 Å². The lowest BCUT2D eigenvalue weighted by molar-refractivity contribution is -0.127. The van der Waals surface area contributed by atoms with E-state index in [1.54, 1.807) is 11.9 Å². The van der Waals surface area contributed by atoms with Gasteiger partial charge in [-0.05, 0) is 30.7 Å². The smallest absolute Gasteiger partial charge is 0.246 e. The van der Waals surface area contributed by atoms with Crippen molar-refractivity contribution in [3.63, 3.8) is 0 Å². The number of hydrogen-bond acceptors (Lipinski definition) is 3. The molecule has 4 rings (SSSR count). The van der Waals surface area contributed by atoms with Gasteiger partial charge in [-0.3, -0.25) is 9.59 Å².